The van der Waals surface area contributed by atoms with Crippen molar-refractivity contribution in [1.29, 1.82) is 0 Å². The highest BCUT2D eigenvalue weighted by atomic mass is 16.5. The van der Waals surface area contributed by atoms with Gasteiger partial charge in [0, 0.05) is 30.0 Å². The van der Waals surface area contributed by atoms with E-state index < -0.39 is 17.7 Å². The van der Waals surface area contributed by atoms with Gasteiger partial charge in [0.1, 0.15) is 11.5 Å². The maximum atomic E-state index is 13.4. The van der Waals surface area contributed by atoms with Crippen LogP contribution in [0.2, 0.25) is 0 Å². The van der Waals surface area contributed by atoms with E-state index in [1.54, 1.807) is 24.3 Å². The molecular weight excluding hydrogens is 488 g/mol. The third-order valence-corrected chi connectivity index (χ3v) is 7.55. The quantitative estimate of drug-likeness (QED) is 0.143. The van der Waals surface area contributed by atoms with Crippen LogP contribution in [0.1, 0.15) is 62.6 Å². The number of aliphatic hydroxyl groups excluding tert-OH is 1. The molecule has 6 nitrogen and oxygen atoms in total. The molecule has 0 bridgehead atoms. The molecule has 2 heterocycles. The number of rotatable bonds is 9. The molecule has 2 aliphatic rings. The van der Waals surface area contributed by atoms with E-state index in [1.807, 2.05) is 54.6 Å². The Morgan fingerprint density at radius 1 is 0.846 bits per heavy atom. The molecule has 3 aromatic carbocycles. The van der Waals surface area contributed by atoms with Crippen LogP contribution in [-0.4, -0.2) is 36.5 Å². The first kappa shape index (κ1) is 26.5. The second-order valence-corrected chi connectivity index (χ2v) is 10.2. The molecule has 0 spiro atoms. The Labute approximate surface area is 230 Å². The SMILES string of the molecule is CCCCCOc1ccc(/C(O)=C2\C(=O)C(=O)N(c3ccc(N4CCCCC4)cc3)C2c2ccccc2)cc1. The molecular formula is C33H36N2O4. The second-order valence-electron chi connectivity index (χ2n) is 10.2. The summed E-state index contributed by atoms with van der Waals surface area (Å²) in [6.07, 6.45) is 6.83. The minimum absolute atomic E-state index is 0.0860. The van der Waals surface area contributed by atoms with Crippen LogP contribution in [0.25, 0.3) is 5.76 Å². The summed E-state index contributed by atoms with van der Waals surface area (Å²) in [6.45, 7) is 4.83. The predicted molar refractivity (Wildman–Crippen MR) is 155 cm³/mol. The van der Waals surface area contributed by atoms with Gasteiger partial charge in [-0.2, -0.15) is 0 Å². The van der Waals surface area contributed by atoms with Crippen LogP contribution in [0.3, 0.4) is 0 Å². The number of amides is 1. The fourth-order valence-corrected chi connectivity index (χ4v) is 5.43. The van der Waals surface area contributed by atoms with Gasteiger partial charge >= 0.3 is 0 Å². The Bertz CT molecular complexity index is 1310. The van der Waals surface area contributed by atoms with E-state index >= 15 is 0 Å². The van der Waals surface area contributed by atoms with Crippen molar-refractivity contribution in [2.24, 2.45) is 0 Å². The summed E-state index contributed by atoms with van der Waals surface area (Å²) in [5.74, 6) is -0.822. The third kappa shape index (κ3) is 5.70. The number of hydrogen-bond acceptors (Lipinski definition) is 5. The molecule has 0 aromatic heterocycles. The van der Waals surface area contributed by atoms with E-state index in [-0.39, 0.29) is 11.3 Å². The van der Waals surface area contributed by atoms with Crippen LogP contribution in [0.4, 0.5) is 11.4 Å². The second kappa shape index (κ2) is 12.2. The zero-order valence-electron chi connectivity index (χ0n) is 22.5. The summed E-state index contributed by atoms with van der Waals surface area (Å²) in [7, 11) is 0. The predicted octanol–water partition coefficient (Wildman–Crippen LogP) is 6.87. The minimum atomic E-state index is -0.739. The zero-order valence-corrected chi connectivity index (χ0v) is 22.5. The smallest absolute Gasteiger partial charge is 0.300 e. The molecule has 2 aliphatic heterocycles. The number of ketones is 1. The average molecular weight is 525 g/mol. The van der Waals surface area contributed by atoms with Gasteiger partial charge in [-0.25, -0.2) is 0 Å². The van der Waals surface area contributed by atoms with Crippen LogP contribution in [0.5, 0.6) is 5.75 Å². The van der Waals surface area contributed by atoms with Crippen molar-refractivity contribution in [1.82, 2.24) is 0 Å². The molecule has 0 radical (unpaired) electrons. The van der Waals surface area contributed by atoms with Crippen molar-refractivity contribution < 1.29 is 19.4 Å². The highest BCUT2D eigenvalue weighted by Crippen LogP contribution is 2.42. The fraction of sp³-hybridized carbons (Fsp3) is 0.333. The average Bonchev–Trinajstić information content (AvgIpc) is 3.26. The van der Waals surface area contributed by atoms with Crippen molar-refractivity contribution in [3.05, 3.63) is 95.6 Å². The van der Waals surface area contributed by atoms with Gasteiger partial charge in [-0.15, -0.1) is 0 Å². The normalized spacial score (nSPS) is 18.9. The van der Waals surface area contributed by atoms with Crippen molar-refractivity contribution >= 4 is 28.8 Å². The van der Waals surface area contributed by atoms with Crippen LogP contribution in [0.15, 0.2) is 84.4 Å². The molecule has 1 N–H and O–H groups in total. The van der Waals surface area contributed by atoms with Crippen LogP contribution >= 0.6 is 0 Å². The summed E-state index contributed by atoms with van der Waals surface area (Å²) in [4.78, 5) is 30.7. The molecule has 1 atom stereocenters. The van der Waals surface area contributed by atoms with E-state index in [4.69, 9.17) is 4.74 Å². The van der Waals surface area contributed by atoms with Gasteiger partial charge in [-0.1, -0.05) is 50.1 Å². The van der Waals surface area contributed by atoms with Gasteiger partial charge in [0.25, 0.3) is 11.7 Å². The molecule has 5 rings (SSSR count). The summed E-state index contributed by atoms with van der Waals surface area (Å²) in [5.41, 5.74) is 3.05. The number of Topliss-reactive ketones (excluding diaryl/α,β-unsaturated/α-hetero) is 1. The van der Waals surface area contributed by atoms with Crippen molar-refractivity contribution in [3.63, 3.8) is 0 Å². The number of carbonyl (C=O) groups excluding carboxylic acids is 2. The summed E-state index contributed by atoms with van der Waals surface area (Å²) in [5, 5.41) is 11.4. The lowest BCUT2D eigenvalue weighted by Crippen LogP contribution is -2.30. The molecule has 3 aromatic rings. The first-order valence-corrected chi connectivity index (χ1v) is 14.0. The number of carbonyl (C=O) groups is 2. The van der Waals surface area contributed by atoms with Crippen LogP contribution < -0.4 is 14.5 Å². The maximum absolute atomic E-state index is 13.4. The lowest BCUT2D eigenvalue weighted by molar-refractivity contribution is -0.132. The molecule has 1 amide bonds. The summed E-state index contributed by atoms with van der Waals surface area (Å²) in [6, 6.07) is 23.5. The van der Waals surface area contributed by atoms with Crippen molar-refractivity contribution in [3.8, 4) is 5.75 Å². The largest absolute Gasteiger partial charge is 0.507 e. The lowest BCUT2D eigenvalue weighted by Gasteiger charge is -2.30. The van der Waals surface area contributed by atoms with Gasteiger partial charge < -0.3 is 14.7 Å². The molecule has 2 fully saturated rings. The summed E-state index contributed by atoms with van der Waals surface area (Å²) < 4.78 is 5.79. The van der Waals surface area contributed by atoms with Gasteiger partial charge in [0.15, 0.2) is 0 Å². The number of nitrogens with zero attached hydrogens (tertiary/aromatic N) is 2. The molecule has 1 unspecified atom stereocenters. The topological polar surface area (TPSA) is 70.1 Å². The Balaban J connectivity index is 1.48. The number of unbranched alkanes of at least 4 members (excludes halogenated alkanes) is 2. The molecule has 202 valence electrons. The standard InChI is InChI=1S/C33H36N2O4/c1-2-3-10-23-39-28-19-13-25(14-20-28)31(36)29-30(24-11-6-4-7-12-24)35(33(38)32(29)37)27-17-15-26(16-18-27)34-21-8-5-9-22-34/h4,6-7,11-20,30,36H,2-3,5,8-10,21-23H2,1H3/b31-29+. The van der Waals surface area contributed by atoms with E-state index in [0.717, 1.165) is 43.6 Å². The number of benzene rings is 3. The zero-order chi connectivity index (χ0) is 27.2. The number of ether oxygens (including phenoxy) is 1. The third-order valence-electron chi connectivity index (χ3n) is 7.55. The Morgan fingerprint density at radius 3 is 2.18 bits per heavy atom. The number of hydrogen-bond donors (Lipinski definition) is 1. The maximum Gasteiger partial charge on any atom is 0.300 e. The highest BCUT2D eigenvalue weighted by Gasteiger charge is 2.46. The molecule has 6 heteroatoms. The Morgan fingerprint density at radius 2 is 1.51 bits per heavy atom. The van der Waals surface area contributed by atoms with E-state index in [0.29, 0.717) is 23.6 Å². The molecule has 39 heavy (non-hydrogen) atoms. The highest BCUT2D eigenvalue weighted by molar-refractivity contribution is 6.51. The van der Waals surface area contributed by atoms with Crippen molar-refractivity contribution in [2.45, 2.75) is 51.5 Å². The minimum Gasteiger partial charge on any atom is -0.507 e. The van der Waals surface area contributed by atoms with E-state index in [1.165, 1.54) is 24.2 Å². The monoisotopic (exact) mass is 524 g/mol. The first-order chi connectivity index (χ1) is 19.1. The summed E-state index contributed by atoms with van der Waals surface area (Å²) >= 11 is 0. The Hall–Kier alpha value is -4.06. The molecule has 2 saturated heterocycles. The van der Waals surface area contributed by atoms with Gasteiger partial charge in [0.05, 0.1) is 18.2 Å². The Kier molecular flexibility index (Phi) is 8.30. The first-order valence-electron chi connectivity index (χ1n) is 14.0. The van der Waals surface area contributed by atoms with E-state index in [2.05, 4.69) is 11.8 Å². The number of anilines is 2. The number of aliphatic hydroxyl groups is 1. The van der Waals surface area contributed by atoms with Gasteiger partial charge in [-0.05, 0) is 79.8 Å². The van der Waals surface area contributed by atoms with Crippen LogP contribution in [0, 0.1) is 0 Å². The molecule has 0 aliphatic carbocycles. The van der Waals surface area contributed by atoms with Gasteiger partial charge in [-0.3, -0.25) is 14.5 Å². The van der Waals surface area contributed by atoms with Gasteiger partial charge in [0.2, 0.25) is 0 Å². The van der Waals surface area contributed by atoms with E-state index in [9.17, 15) is 14.7 Å². The lowest BCUT2D eigenvalue weighted by atomic mass is 9.95. The van der Waals surface area contributed by atoms with Crippen LogP contribution in [-0.2, 0) is 9.59 Å². The van der Waals surface area contributed by atoms with Crippen molar-refractivity contribution in [2.75, 3.05) is 29.5 Å². The fourth-order valence-electron chi connectivity index (χ4n) is 5.43. The number of piperidine rings is 1. The molecule has 0 saturated carbocycles.